The van der Waals surface area contributed by atoms with Crippen LogP contribution in [0.15, 0.2) is 47.7 Å². The van der Waals surface area contributed by atoms with Crippen LogP contribution in [0.2, 0.25) is 0 Å². The van der Waals surface area contributed by atoms with Crippen LogP contribution in [-0.2, 0) is 16.6 Å². The smallest absolute Gasteiger partial charge is 0.265 e. The Morgan fingerprint density at radius 2 is 2.04 bits per heavy atom. The Bertz CT molecular complexity index is 1030. The van der Waals surface area contributed by atoms with Crippen LogP contribution in [0.3, 0.4) is 0 Å². The minimum Gasteiger partial charge on any atom is -0.350 e. The second kappa shape index (κ2) is 7.72. The number of benzene rings is 1. The fourth-order valence-corrected chi connectivity index (χ4v) is 4.19. The van der Waals surface area contributed by atoms with E-state index in [-0.39, 0.29) is 16.6 Å². The molecule has 2 heterocycles. The first-order valence-corrected chi connectivity index (χ1v) is 10.1. The molecule has 2 aromatic rings. The Labute approximate surface area is 169 Å². The highest BCUT2D eigenvalue weighted by Crippen LogP contribution is 2.25. The molecule has 6 heteroatoms. The first-order chi connectivity index (χ1) is 13.5. The molecule has 4 rings (SSSR count). The highest BCUT2D eigenvalue weighted by Gasteiger charge is 2.33. The lowest BCUT2D eigenvalue weighted by molar-refractivity contribution is -0.128. The van der Waals surface area contributed by atoms with Gasteiger partial charge in [0.25, 0.3) is 11.8 Å². The third kappa shape index (κ3) is 3.52. The number of nitrogens with zero attached hydrogens (tertiary/aromatic N) is 2. The average molecular weight is 394 g/mol. The number of hydrogen-bond acceptors (Lipinski definition) is 3. The summed E-state index contributed by atoms with van der Waals surface area (Å²) in [6.45, 7) is 0.497. The van der Waals surface area contributed by atoms with Crippen LogP contribution in [0.5, 0.6) is 0 Å². The Morgan fingerprint density at radius 1 is 1.21 bits per heavy atom. The Hall–Kier alpha value is -2.73. The molecule has 0 atom stereocenters. The van der Waals surface area contributed by atoms with Crippen molar-refractivity contribution in [1.29, 1.82) is 0 Å². The van der Waals surface area contributed by atoms with Gasteiger partial charge in [-0.1, -0.05) is 29.8 Å². The topological polar surface area (TPSA) is 54.3 Å². The quantitative estimate of drug-likeness (QED) is 0.373. The molecule has 1 aliphatic heterocycles. The number of para-hydroxylation sites is 1. The van der Waals surface area contributed by atoms with Gasteiger partial charge in [-0.05, 0) is 56.5 Å². The molecule has 2 amide bonds. The summed E-state index contributed by atoms with van der Waals surface area (Å²) in [4.78, 5) is 27.0. The normalized spacial score (nSPS) is 19.3. The standard InChI is InChI=1S/C22H23N3O2S/c1-24-14-16(17-9-5-6-10-19(17)24)13-18-20(26)23-22(28)25(21(18)27)12-11-15-7-3-2-4-8-15/h5-7,9-10,13-14H,2-4,8,11-12H2,1H3,(H,23,26,28)/b18-13-. The van der Waals surface area contributed by atoms with Gasteiger partial charge in [0.15, 0.2) is 5.11 Å². The van der Waals surface area contributed by atoms with Gasteiger partial charge in [-0.3, -0.25) is 19.8 Å². The molecule has 0 spiro atoms. The lowest BCUT2D eigenvalue weighted by atomic mass is 9.97. The molecule has 28 heavy (non-hydrogen) atoms. The van der Waals surface area contributed by atoms with Gasteiger partial charge in [0.05, 0.1) is 0 Å². The van der Waals surface area contributed by atoms with E-state index in [1.807, 2.05) is 42.1 Å². The van der Waals surface area contributed by atoms with E-state index in [4.69, 9.17) is 12.2 Å². The number of nitrogens with one attached hydrogen (secondary N) is 1. The van der Waals surface area contributed by atoms with Crippen LogP contribution >= 0.6 is 12.2 Å². The summed E-state index contributed by atoms with van der Waals surface area (Å²) < 4.78 is 1.99. The fourth-order valence-electron chi connectivity index (χ4n) is 3.93. The third-order valence-corrected chi connectivity index (χ3v) is 5.78. The molecule has 1 saturated heterocycles. The van der Waals surface area contributed by atoms with Crippen molar-refractivity contribution in [2.45, 2.75) is 32.1 Å². The van der Waals surface area contributed by atoms with Crippen LogP contribution in [-0.4, -0.2) is 32.9 Å². The summed E-state index contributed by atoms with van der Waals surface area (Å²) in [7, 11) is 1.95. The maximum atomic E-state index is 13.0. The van der Waals surface area contributed by atoms with Crippen molar-refractivity contribution in [3.8, 4) is 0 Å². The third-order valence-electron chi connectivity index (χ3n) is 5.45. The maximum Gasteiger partial charge on any atom is 0.265 e. The molecule has 1 aromatic carbocycles. The van der Waals surface area contributed by atoms with Crippen molar-refractivity contribution in [2.75, 3.05) is 6.54 Å². The van der Waals surface area contributed by atoms with E-state index < -0.39 is 5.91 Å². The highest BCUT2D eigenvalue weighted by atomic mass is 32.1. The van der Waals surface area contributed by atoms with E-state index in [1.165, 1.54) is 23.3 Å². The molecule has 0 unspecified atom stereocenters. The molecule has 1 aliphatic carbocycles. The minimum absolute atomic E-state index is 0.127. The number of hydrogen-bond donors (Lipinski definition) is 1. The van der Waals surface area contributed by atoms with Crippen LogP contribution in [0.1, 0.15) is 37.7 Å². The van der Waals surface area contributed by atoms with Crippen LogP contribution in [0.4, 0.5) is 0 Å². The van der Waals surface area contributed by atoms with Gasteiger partial charge in [-0.15, -0.1) is 0 Å². The van der Waals surface area contributed by atoms with Crippen molar-refractivity contribution >= 4 is 46.1 Å². The number of fused-ring (bicyclic) bond motifs is 1. The van der Waals surface area contributed by atoms with Crippen LogP contribution in [0.25, 0.3) is 17.0 Å². The number of amides is 2. The summed E-state index contributed by atoms with van der Waals surface area (Å²) in [5, 5.41) is 3.88. The van der Waals surface area contributed by atoms with Gasteiger partial charge in [0, 0.05) is 36.3 Å². The van der Waals surface area contributed by atoms with E-state index in [0.717, 1.165) is 35.7 Å². The fraction of sp³-hybridized carbons (Fsp3) is 0.318. The van der Waals surface area contributed by atoms with Gasteiger partial charge in [0.1, 0.15) is 5.57 Å². The van der Waals surface area contributed by atoms with Crippen LogP contribution in [0, 0.1) is 0 Å². The van der Waals surface area contributed by atoms with Crippen molar-refractivity contribution in [2.24, 2.45) is 7.05 Å². The predicted molar refractivity (Wildman–Crippen MR) is 115 cm³/mol. The Balaban J connectivity index is 1.61. The predicted octanol–water partition coefficient (Wildman–Crippen LogP) is 3.70. The largest absolute Gasteiger partial charge is 0.350 e. The zero-order valence-corrected chi connectivity index (χ0v) is 16.7. The zero-order chi connectivity index (χ0) is 19.7. The number of carbonyl (C=O) groups is 2. The van der Waals surface area contributed by atoms with E-state index in [9.17, 15) is 9.59 Å². The Morgan fingerprint density at radius 3 is 2.82 bits per heavy atom. The summed E-state index contributed by atoms with van der Waals surface area (Å²) in [5.74, 6) is -0.755. The van der Waals surface area contributed by atoms with Gasteiger partial charge in [-0.2, -0.15) is 0 Å². The zero-order valence-electron chi connectivity index (χ0n) is 15.9. The lowest BCUT2D eigenvalue weighted by Gasteiger charge is -2.29. The molecule has 0 saturated carbocycles. The van der Waals surface area contributed by atoms with E-state index in [1.54, 1.807) is 6.08 Å². The monoisotopic (exact) mass is 393 g/mol. The second-order valence-electron chi connectivity index (χ2n) is 7.34. The summed E-state index contributed by atoms with van der Waals surface area (Å²) in [5.41, 5.74) is 3.40. The molecule has 0 radical (unpaired) electrons. The van der Waals surface area contributed by atoms with E-state index >= 15 is 0 Å². The van der Waals surface area contributed by atoms with E-state index in [2.05, 4.69) is 11.4 Å². The van der Waals surface area contributed by atoms with Crippen molar-refractivity contribution in [3.05, 3.63) is 53.2 Å². The SMILES string of the molecule is Cn1cc(/C=C2/C(=O)NC(=S)N(CCC3=CCCCC3)C2=O)c2ccccc21. The van der Waals surface area contributed by atoms with Crippen molar-refractivity contribution < 1.29 is 9.59 Å². The lowest BCUT2D eigenvalue weighted by Crippen LogP contribution is -2.54. The molecule has 2 aliphatic rings. The molecule has 1 fully saturated rings. The van der Waals surface area contributed by atoms with Crippen molar-refractivity contribution in [1.82, 2.24) is 14.8 Å². The van der Waals surface area contributed by atoms with Crippen LogP contribution < -0.4 is 5.32 Å². The maximum absolute atomic E-state index is 13.0. The van der Waals surface area contributed by atoms with Gasteiger partial charge in [-0.25, -0.2) is 0 Å². The van der Waals surface area contributed by atoms with Gasteiger partial charge >= 0.3 is 0 Å². The molecular weight excluding hydrogens is 370 g/mol. The summed E-state index contributed by atoms with van der Waals surface area (Å²) in [6, 6.07) is 7.93. The number of carbonyl (C=O) groups excluding carboxylic acids is 2. The Kier molecular flexibility index (Phi) is 5.13. The number of allylic oxidation sites excluding steroid dienone is 1. The molecule has 1 N–H and O–H groups in total. The first kappa shape index (κ1) is 18.6. The highest BCUT2D eigenvalue weighted by molar-refractivity contribution is 7.80. The van der Waals surface area contributed by atoms with Gasteiger partial charge in [0.2, 0.25) is 0 Å². The molecule has 144 valence electrons. The molecule has 1 aromatic heterocycles. The summed E-state index contributed by atoms with van der Waals surface area (Å²) in [6.07, 6.45) is 11.3. The molecular formula is C22H23N3O2S. The van der Waals surface area contributed by atoms with Crippen molar-refractivity contribution in [3.63, 3.8) is 0 Å². The number of aromatic nitrogens is 1. The number of aryl methyl sites for hydroxylation is 1. The molecule has 5 nitrogen and oxygen atoms in total. The first-order valence-electron chi connectivity index (χ1n) is 9.65. The number of rotatable bonds is 4. The van der Waals surface area contributed by atoms with Gasteiger partial charge < -0.3 is 4.57 Å². The number of thiocarbonyl (C=S) groups is 1. The second-order valence-corrected chi connectivity index (χ2v) is 7.73. The minimum atomic E-state index is -0.434. The average Bonchev–Trinajstić information content (AvgIpc) is 3.02. The van der Waals surface area contributed by atoms with E-state index in [0.29, 0.717) is 6.54 Å². The summed E-state index contributed by atoms with van der Waals surface area (Å²) >= 11 is 5.27. The molecule has 0 bridgehead atoms.